The van der Waals surface area contributed by atoms with Gasteiger partial charge < -0.3 is 9.84 Å². The van der Waals surface area contributed by atoms with E-state index in [0.717, 1.165) is 18.6 Å². The average Bonchev–Trinajstić information content (AvgIpc) is 2.49. The summed E-state index contributed by atoms with van der Waals surface area (Å²) in [5, 5.41) is 8.79. The zero-order valence-electron chi connectivity index (χ0n) is 7.79. The maximum Gasteiger partial charge on any atom is 0.123 e. The number of aliphatic hydroxyl groups is 1. The summed E-state index contributed by atoms with van der Waals surface area (Å²) in [6.45, 7) is 2.31. The van der Waals surface area contributed by atoms with Gasteiger partial charge in [0.25, 0.3) is 0 Å². The van der Waals surface area contributed by atoms with E-state index in [0.29, 0.717) is 0 Å². The van der Waals surface area contributed by atoms with E-state index in [1.807, 2.05) is 12.1 Å². The van der Waals surface area contributed by atoms with Gasteiger partial charge in [-0.25, -0.2) is 0 Å². The van der Waals surface area contributed by atoms with Crippen molar-refractivity contribution >= 4 is 0 Å². The fraction of sp³-hybridized carbons (Fsp3) is 0.455. The topological polar surface area (TPSA) is 29.5 Å². The molecule has 0 saturated heterocycles. The highest BCUT2D eigenvalue weighted by Crippen LogP contribution is 2.31. The van der Waals surface area contributed by atoms with E-state index < -0.39 is 0 Å². The highest BCUT2D eigenvalue weighted by molar-refractivity contribution is 5.42. The first-order valence-corrected chi connectivity index (χ1v) is 4.67. The third-order valence-corrected chi connectivity index (χ3v) is 2.54. The SMILES string of the molecule is Cc1cccc2c1CC(CCO)O2. The van der Waals surface area contributed by atoms with Gasteiger partial charge in [0.15, 0.2) is 0 Å². The monoisotopic (exact) mass is 178 g/mol. The fourth-order valence-corrected chi connectivity index (χ4v) is 1.80. The van der Waals surface area contributed by atoms with Crippen molar-refractivity contribution in [3.8, 4) is 5.75 Å². The minimum Gasteiger partial charge on any atom is -0.490 e. The average molecular weight is 178 g/mol. The summed E-state index contributed by atoms with van der Waals surface area (Å²) in [7, 11) is 0. The zero-order valence-corrected chi connectivity index (χ0v) is 7.79. The first-order chi connectivity index (χ1) is 6.31. The maximum absolute atomic E-state index is 8.79. The molecule has 0 aliphatic carbocycles. The van der Waals surface area contributed by atoms with Crippen molar-refractivity contribution in [2.24, 2.45) is 0 Å². The fourth-order valence-electron chi connectivity index (χ4n) is 1.80. The van der Waals surface area contributed by atoms with Crippen LogP contribution in [0.25, 0.3) is 0 Å². The van der Waals surface area contributed by atoms with Crippen LogP contribution < -0.4 is 4.74 Å². The third kappa shape index (κ3) is 1.54. The standard InChI is InChI=1S/C11H14O2/c1-8-3-2-4-11-10(8)7-9(13-11)5-6-12/h2-4,9,12H,5-7H2,1H3. The van der Waals surface area contributed by atoms with Gasteiger partial charge in [-0.05, 0) is 18.6 Å². The number of hydrogen-bond donors (Lipinski definition) is 1. The second-order valence-electron chi connectivity index (χ2n) is 3.51. The highest BCUT2D eigenvalue weighted by atomic mass is 16.5. The van der Waals surface area contributed by atoms with Gasteiger partial charge in [0.2, 0.25) is 0 Å². The third-order valence-electron chi connectivity index (χ3n) is 2.54. The number of ether oxygens (including phenoxy) is 1. The molecule has 0 aromatic heterocycles. The molecule has 1 unspecified atom stereocenters. The molecule has 0 spiro atoms. The van der Waals surface area contributed by atoms with Crippen molar-refractivity contribution in [2.45, 2.75) is 25.9 Å². The van der Waals surface area contributed by atoms with Crippen molar-refractivity contribution in [1.29, 1.82) is 0 Å². The maximum atomic E-state index is 8.79. The smallest absolute Gasteiger partial charge is 0.123 e. The van der Waals surface area contributed by atoms with Crippen LogP contribution in [0.5, 0.6) is 5.75 Å². The molecule has 1 aliphatic heterocycles. The summed E-state index contributed by atoms with van der Waals surface area (Å²) in [6, 6.07) is 6.11. The summed E-state index contributed by atoms with van der Waals surface area (Å²) in [5.74, 6) is 0.999. The molecular formula is C11H14O2. The lowest BCUT2D eigenvalue weighted by Gasteiger charge is -2.07. The number of fused-ring (bicyclic) bond motifs is 1. The van der Waals surface area contributed by atoms with Crippen LogP contribution in [-0.4, -0.2) is 17.8 Å². The van der Waals surface area contributed by atoms with Crippen LogP contribution in [0.3, 0.4) is 0 Å². The Morgan fingerprint density at radius 3 is 3.08 bits per heavy atom. The van der Waals surface area contributed by atoms with E-state index in [2.05, 4.69) is 13.0 Å². The molecule has 1 aromatic carbocycles. The number of benzene rings is 1. The Morgan fingerprint density at radius 2 is 2.38 bits per heavy atom. The molecule has 1 aromatic rings. The molecule has 2 heteroatoms. The number of aryl methyl sites for hydroxylation is 1. The molecule has 0 saturated carbocycles. The van der Waals surface area contributed by atoms with Crippen LogP contribution in [0.2, 0.25) is 0 Å². The molecule has 0 radical (unpaired) electrons. The van der Waals surface area contributed by atoms with Crippen LogP contribution in [0, 0.1) is 6.92 Å². The van der Waals surface area contributed by atoms with Gasteiger partial charge in [-0.2, -0.15) is 0 Å². The molecule has 0 bridgehead atoms. The van der Waals surface area contributed by atoms with Gasteiger partial charge >= 0.3 is 0 Å². The van der Waals surface area contributed by atoms with E-state index in [1.165, 1.54) is 11.1 Å². The second kappa shape index (κ2) is 3.38. The molecule has 1 aliphatic rings. The van der Waals surface area contributed by atoms with Crippen molar-refractivity contribution in [1.82, 2.24) is 0 Å². The van der Waals surface area contributed by atoms with E-state index in [4.69, 9.17) is 9.84 Å². The van der Waals surface area contributed by atoms with Gasteiger partial charge in [0, 0.05) is 25.0 Å². The largest absolute Gasteiger partial charge is 0.490 e. The van der Waals surface area contributed by atoms with Crippen LogP contribution in [0.15, 0.2) is 18.2 Å². The van der Waals surface area contributed by atoms with Gasteiger partial charge in [0.1, 0.15) is 11.9 Å². The Hall–Kier alpha value is -1.02. The molecular weight excluding hydrogens is 164 g/mol. The normalized spacial score (nSPS) is 19.7. The van der Waals surface area contributed by atoms with Crippen LogP contribution >= 0.6 is 0 Å². The van der Waals surface area contributed by atoms with E-state index in [-0.39, 0.29) is 12.7 Å². The van der Waals surface area contributed by atoms with Crippen molar-refractivity contribution < 1.29 is 9.84 Å². The first kappa shape index (κ1) is 8.57. The Balaban J connectivity index is 2.20. The minimum absolute atomic E-state index is 0.182. The molecule has 1 heterocycles. The molecule has 2 nitrogen and oxygen atoms in total. The summed E-state index contributed by atoms with van der Waals surface area (Å²) in [6.07, 6.45) is 1.86. The van der Waals surface area contributed by atoms with Gasteiger partial charge in [-0.1, -0.05) is 12.1 Å². The summed E-state index contributed by atoms with van der Waals surface area (Å²) >= 11 is 0. The molecule has 13 heavy (non-hydrogen) atoms. The lowest BCUT2D eigenvalue weighted by molar-refractivity contribution is 0.175. The lowest BCUT2D eigenvalue weighted by atomic mass is 10.0. The van der Waals surface area contributed by atoms with Gasteiger partial charge in [0.05, 0.1) is 0 Å². The summed E-state index contributed by atoms with van der Waals surface area (Å²) in [4.78, 5) is 0. The van der Waals surface area contributed by atoms with Crippen molar-refractivity contribution in [2.75, 3.05) is 6.61 Å². The van der Waals surface area contributed by atoms with Gasteiger partial charge in [-0.15, -0.1) is 0 Å². The Kier molecular flexibility index (Phi) is 2.23. The number of aliphatic hydroxyl groups excluding tert-OH is 1. The second-order valence-corrected chi connectivity index (χ2v) is 3.51. The molecule has 1 N–H and O–H groups in total. The molecule has 0 fully saturated rings. The Labute approximate surface area is 78.2 Å². The summed E-state index contributed by atoms with van der Waals surface area (Å²) in [5.41, 5.74) is 2.60. The van der Waals surface area contributed by atoms with Crippen molar-refractivity contribution in [3.05, 3.63) is 29.3 Å². The lowest BCUT2D eigenvalue weighted by Crippen LogP contribution is -2.14. The predicted octanol–water partition coefficient (Wildman–Crippen LogP) is 1.68. The van der Waals surface area contributed by atoms with Gasteiger partial charge in [-0.3, -0.25) is 0 Å². The molecule has 2 rings (SSSR count). The van der Waals surface area contributed by atoms with E-state index in [1.54, 1.807) is 0 Å². The van der Waals surface area contributed by atoms with E-state index in [9.17, 15) is 0 Å². The molecule has 0 amide bonds. The molecule has 70 valence electrons. The predicted molar refractivity (Wildman–Crippen MR) is 51.0 cm³/mol. The Bertz CT molecular complexity index is 307. The highest BCUT2D eigenvalue weighted by Gasteiger charge is 2.22. The first-order valence-electron chi connectivity index (χ1n) is 4.67. The van der Waals surface area contributed by atoms with E-state index >= 15 is 0 Å². The molecule has 1 atom stereocenters. The number of hydrogen-bond acceptors (Lipinski definition) is 2. The summed E-state index contributed by atoms with van der Waals surface area (Å²) < 4.78 is 5.67. The van der Waals surface area contributed by atoms with Crippen LogP contribution in [0.4, 0.5) is 0 Å². The van der Waals surface area contributed by atoms with Crippen molar-refractivity contribution in [3.63, 3.8) is 0 Å². The Morgan fingerprint density at radius 1 is 1.54 bits per heavy atom. The minimum atomic E-state index is 0.182. The number of rotatable bonds is 2. The van der Waals surface area contributed by atoms with Crippen LogP contribution in [0.1, 0.15) is 17.5 Å². The quantitative estimate of drug-likeness (QED) is 0.746. The van der Waals surface area contributed by atoms with Crippen LogP contribution in [-0.2, 0) is 6.42 Å². The zero-order chi connectivity index (χ0) is 9.26.